The number of carbonyl (C=O) groups is 2. The van der Waals surface area contributed by atoms with Crippen molar-refractivity contribution >= 4 is 24.3 Å². The van der Waals surface area contributed by atoms with E-state index in [0.717, 1.165) is 51.4 Å². The highest BCUT2D eigenvalue weighted by atomic mass is 35.5. The molecule has 0 amide bonds. The average Bonchev–Trinajstić information content (AvgIpc) is 3.95. The summed E-state index contributed by atoms with van der Waals surface area (Å²) in [6.07, 6.45) is 40.7. The number of nitrogens with one attached hydrogen (secondary N) is 1. The van der Waals surface area contributed by atoms with Gasteiger partial charge >= 0.3 is 11.9 Å². The van der Waals surface area contributed by atoms with E-state index in [1.165, 1.54) is 154 Å². The van der Waals surface area contributed by atoms with Gasteiger partial charge in [-0.2, -0.15) is 0 Å². The molecule has 2 rings (SSSR count). The lowest BCUT2D eigenvalue weighted by Crippen LogP contribution is -2.14. The zero-order valence-electron chi connectivity index (χ0n) is 31.2. The summed E-state index contributed by atoms with van der Waals surface area (Å²) in [5.74, 6) is -1.11. The van der Waals surface area contributed by atoms with Crippen LogP contribution in [0.15, 0.2) is 0 Å². The first kappa shape index (κ1) is 47.3. The first-order valence-electron chi connectivity index (χ1n) is 19.9. The molecule has 0 radical (unpaired) electrons. The van der Waals surface area contributed by atoms with Crippen molar-refractivity contribution in [3.8, 4) is 0 Å². The van der Waals surface area contributed by atoms with Crippen LogP contribution in [-0.2, 0) is 9.59 Å². The standard InChI is InChI=1S/2C19H36O2.C2H7N.ClH/c2*1-2-3-4-5-6-7-8-9-10-11-12-13-14-15-19(16-17-19)18(20)21;1-3-2;/h2*2-17H2,1H3,(H,20,21);3H,1-2H3;1H. The van der Waals surface area contributed by atoms with Crippen LogP contribution in [0.3, 0.4) is 0 Å². The van der Waals surface area contributed by atoms with Crippen molar-refractivity contribution in [2.75, 3.05) is 14.1 Å². The van der Waals surface area contributed by atoms with E-state index in [9.17, 15) is 9.59 Å². The van der Waals surface area contributed by atoms with Gasteiger partial charge < -0.3 is 15.5 Å². The number of unbranched alkanes of at least 4 members (excludes halogenated alkanes) is 24. The lowest BCUT2D eigenvalue weighted by Gasteiger charge is -2.08. The predicted molar refractivity (Wildman–Crippen MR) is 201 cm³/mol. The van der Waals surface area contributed by atoms with Gasteiger partial charge in [-0.3, -0.25) is 9.59 Å². The van der Waals surface area contributed by atoms with Crippen LogP contribution in [0.5, 0.6) is 0 Å². The maximum absolute atomic E-state index is 11.0. The lowest BCUT2D eigenvalue weighted by atomic mass is 9.97. The predicted octanol–water partition coefficient (Wildman–Crippen LogP) is 12.9. The molecule has 0 aromatic heterocycles. The van der Waals surface area contributed by atoms with Crippen LogP contribution in [0.25, 0.3) is 0 Å². The van der Waals surface area contributed by atoms with Gasteiger partial charge in [0.1, 0.15) is 0 Å². The van der Waals surface area contributed by atoms with Gasteiger partial charge in [-0.1, -0.05) is 181 Å². The smallest absolute Gasteiger partial charge is 0.309 e. The summed E-state index contributed by atoms with van der Waals surface area (Å²) in [5.41, 5.74) is -0.588. The van der Waals surface area contributed by atoms with Gasteiger partial charge in [0.25, 0.3) is 0 Å². The van der Waals surface area contributed by atoms with Crippen LogP contribution in [0.1, 0.15) is 219 Å². The summed E-state index contributed by atoms with van der Waals surface area (Å²) in [4.78, 5) is 22.1. The van der Waals surface area contributed by atoms with E-state index in [0.29, 0.717) is 0 Å². The van der Waals surface area contributed by atoms with Crippen molar-refractivity contribution in [3.05, 3.63) is 0 Å². The zero-order chi connectivity index (χ0) is 33.5. The number of hydrogen-bond donors (Lipinski definition) is 3. The summed E-state index contributed by atoms with van der Waals surface area (Å²) in [6, 6.07) is 0. The third kappa shape index (κ3) is 27.2. The Morgan fingerprint density at radius 3 is 0.761 bits per heavy atom. The fraction of sp³-hybridized carbons (Fsp3) is 0.950. The van der Waals surface area contributed by atoms with Gasteiger partial charge in [0.15, 0.2) is 0 Å². The van der Waals surface area contributed by atoms with Crippen molar-refractivity contribution in [3.63, 3.8) is 0 Å². The molecule has 0 bridgehead atoms. The molecular weight excluding hydrogens is 594 g/mol. The molecule has 0 spiro atoms. The van der Waals surface area contributed by atoms with Gasteiger partial charge in [0.2, 0.25) is 0 Å². The number of halogens is 1. The highest BCUT2D eigenvalue weighted by Crippen LogP contribution is 2.50. The number of carboxylic acid groups (broad SMARTS) is 2. The van der Waals surface area contributed by atoms with Crippen molar-refractivity contribution in [1.29, 1.82) is 0 Å². The molecule has 276 valence electrons. The van der Waals surface area contributed by atoms with Gasteiger partial charge in [-0.25, -0.2) is 0 Å². The number of aliphatic carboxylic acids is 2. The Balaban J connectivity index is 0. The van der Waals surface area contributed by atoms with Crippen LogP contribution >= 0.6 is 12.4 Å². The molecule has 3 N–H and O–H groups in total. The molecule has 2 aliphatic rings. The van der Waals surface area contributed by atoms with E-state index in [1.54, 1.807) is 0 Å². The second-order valence-corrected chi connectivity index (χ2v) is 14.7. The van der Waals surface area contributed by atoms with E-state index in [4.69, 9.17) is 10.2 Å². The second-order valence-electron chi connectivity index (χ2n) is 14.7. The van der Waals surface area contributed by atoms with Gasteiger partial charge in [0, 0.05) is 0 Å². The van der Waals surface area contributed by atoms with Crippen LogP contribution in [-0.4, -0.2) is 36.2 Å². The minimum atomic E-state index is -0.554. The van der Waals surface area contributed by atoms with E-state index in [2.05, 4.69) is 19.2 Å². The van der Waals surface area contributed by atoms with Crippen LogP contribution in [0, 0.1) is 10.8 Å². The normalized spacial score (nSPS) is 15.0. The molecule has 0 unspecified atom stereocenters. The molecule has 0 aliphatic heterocycles. The SMILES string of the molecule is CCCCCCCCCCCCCCCC1(C(=O)O)CC1.CCCCCCCCCCCCCCCC1(C(=O)O)CC1.CNC.Cl. The molecule has 2 saturated carbocycles. The van der Waals surface area contributed by atoms with Crippen molar-refractivity contribution in [2.45, 2.75) is 219 Å². The highest BCUT2D eigenvalue weighted by molar-refractivity contribution is 5.85. The van der Waals surface area contributed by atoms with Crippen LogP contribution < -0.4 is 5.32 Å². The summed E-state index contributed by atoms with van der Waals surface area (Å²) in [5, 5.41) is 20.9. The molecule has 0 aromatic rings. The van der Waals surface area contributed by atoms with E-state index in [-0.39, 0.29) is 23.2 Å². The Morgan fingerprint density at radius 1 is 0.435 bits per heavy atom. The summed E-state index contributed by atoms with van der Waals surface area (Å²) >= 11 is 0. The Hall–Kier alpha value is -0.810. The fourth-order valence-electron chi connectivity index (χ4n) is 6.41. The van der Waals surface area contributed by atoms with Crippen LogP contribution in [0.4, 0.5) is 0 Å². The minimum absolute atomic E-state index is 0. The second kappa shape index (κ2) is 32.7. The van der Waals surface area contributed by atoms with Crippen molar-refractivity contribution in [1.82, 2.24) is 5.32 Å². The summed E-state index contributed by atoms with van der Waals surface area (Å²) in [6.45, 7) is 4.54. The van der Waals surface area contributed by atoms with E-state index >= 15 is 0 Å². The molecule has 0 heterocycles. The Bertz CT molecular complexity index is 622. The Labute approximate surface area is 293 Å². The van der Waals surface area contributed by atoms with E-state index in [1.807, 2.05) is 14.1 Å². The van der Waals surface area contributed by atoms with Gasteiger partial charge in [-0.15, -0.1) is 12.4 Å². The molecule has 0 aromatic carbocycles. The molecular formula is C40H80ClNO4. The zero-order valence-corrected chi connectivity index (χ0v) is 32.1. The molecule has 0 saturated heterocycles. The quantitative estimate of drug-likeness (QED) is 0.0660. The molecule has 5 nitrogen and oxygen atoms in total. The molecule has 46 heavy (non-hydrogen) atoms. The largest absolute Gasteiger partial charge is 0.481 e. The van der Waals surface area contributed by atoms with Crippen LogP contribution in [0.2, 0.25) is 0 Å². The topological polar surface area (TPSA) is 86.6 Å². The van der Waals surface area contributed by atoms with Crippen molar-refractivity contribution in [2.24, 2.45) is 10.8 Å². The van der Waals surface area contributed by atoms with E-state index < -0.39 is 11.9 Å². The highest BCUT2D eigenvalue weighted by Gasteiger charge is 2.49. The van der Waals surface area contributed by atoms with Gasteiger partial charge in [0.05, 0.1) is 10.8 Å². The number of carboxylic acids is 2. The summed E-state index contributed by atoms with van der Waals surface area (Å²) < 4.78 is 0. The third-order valence-electron chi connectivity index (χ3n) is 10.1. The Morgan fingerprint density at radius 2 is 0.609 bits per heavy atom. The average molecular weight is 675 g/mol. The first-order valence-corrected chi connectivity index (χ1v) is 19.9. The fourth-order valence-corrected chi connectivity index (χ4v) is 6.41. The maximum Gasteiger partial charge on any atom is 0.309 e. The monoisotopic (exact) mass is 674 g/mol. The third-order valence-corrected chi connectivity index (χ3v) is 10.1. The lowest BCUT2D eigenvalue weighted by molar-refractivity contribution is -0.144. The minimum Gasteiger partial charge on any atom is -0.481 e. The molecule has 2 fully saturated rings. The maximum atomic E-state index is 11.0. The molecule has 2 aliphatic carbocycles. The number of hydrogen-bond acceptors (Lipinski definition) is 3. The molecule has 6 heteroatoms. The van der Waals surface area contributed by atoms with Gasteiger partial charge in [-0.05, 0) is 52.6 Å². The molecule has 0 atom stereocenters. The van der Waals surface area contributed by atoms with Crippen molar-refractivity contribution < 1.29 is 19.8 Å². The first-order chi connectivity index (χ1) is 21.8. The Kier molecular flexibility index (Phi) is 33.7. The number of rotatable bonds is 30. The summed E-state index contributed by atoms with van der Waals surface area (Å²) in [7, 11) is 3.75.